The Morgan fingerprint density at radius 1 is 1.56 bits per heavy atom. The van der Waals surface area contributed by atoms with Crippen LogP contribution in [0.15, 0.2) is 6.20 Å². The molecule has 0 radical (unpaired) electrons. The largest absolute Gasteiger partial charge is 0.394 e. The molecule has 1 aromatic rings. The van der Waals surface area contributed by atoms with E-state index in [2.05, 4.69) is 20.9 Å². The van der Waals surface area contributed by atoms with Crippen molar-refractivity contribution in [3.8, 4) is 0 Å². The predicted molar refractivity (Wildman–Crippen MR) is 64.6 cm³/mol. The molecule has 100 valence electrons. The normalized spacial score (nSPS) is 20.5. The number of aliphatic hydroxyl groups is 1. The van der Waals surface area contributed by atoms with Crippen molar-refractivity contribution in [1.29, 1.82) is 0 Å². The highest BCUT2D eigenvalue weighted by Gasteiger charge is 2.19. The molecule has 18 heavy (non-hydrogen) atoms. The number of aliphatic hydroxyl groups excluding tert-OH is 1. The molecule has 3 N–H and O–H groups in total. The van der Waals surface area contributed by atoms with E-state index >= 15 is 0 Å². The van der Waals surface area contributed by atoms with Crippen LogP contribution in [0, 0.1) is 0 Å². The molecule has 1 amide bonds. The second-order valence-electron chi connectivity index (χ2n) is 4.42. The Balaban J connectivity index is 1.83. The number of carbonyl (C=O) groups excluding carboxylic acids is 1. The molecular formula is C11H19N5O2. The van der Waals surface area contributed by atoms with Gasteiger partial charge < -0.3 is 15.7 Å². The lowest BCUT2D eigenvalue weighted by Gasteiger charge is -2.13. The van der Waals surface area contributed by atoms with E-state index in [9.17, 15) is 4.79 Å². The third-order valence-corrected chi connectivity index (χ3v) is 2.98. The molecule has 1 saturated heterocycles. The Labute approximate surface area is 106 Å². The maximum atomic E-state index is 11.7. The van der Waals surface area contributed by atoms with Crippen LogP contribution < -0.4 is 10.6 Å². The van der Waals surface area contributed by atoms with Crippen molar-refractivity contribution in [2.45, 2.75) is 38.4 Å². The number of rotatable bonds is 5. The van der Waals surface area contributed by atoms with E-state index in [1.54, 1.807) is 10.9 Å². The number of amides is 1. The highest BCUT2D eigenvalue weighted by molar-refractivity contribution is 5.81. The van der Waals surface area contributed by atoms with Crippen LogP contribution >= 0.6 is 0 Å². The molecule has 7 nitrogen and oxygen atoms in total. The lowest BCUT2D eigenvalue weighted by atomic mass is 10.1. The van der Waals surface area contributed by atoms with Crippen molar-refractivity contribution in [2.24, 2.45) is 0 Å². The van der Waals surface area contributed by atoms with Gasteiger partial charge in [-0.3, -0.25) is 4.79 Å². The second kappa shape index (κ2) is 6.46. The second-order valence-corrected chi connectivity index (χ2v) is 4.42. The smallest absolute Gasteiger partial charge is 0.237 e. The standard InChI is InChI=1S/C11H19N5O2/c17-6-5-16-8-9(14-15-16)7-13-10-3-1-2-4-12-11(10)18/h8,10,13,17H,1-7H2,(H,12,18). The van der Waals surface area contributed by atoms with Gasteiger partial charge in [-0.05, 0) is 19.3 Å². The molecule has 0 aromatic carbocycles. The van der Waals surface area contributed by atoms with Crippen molar-refractivity contribution >= 4 is 5.91 Å². The molecule has 1 aromatic heterocycles. The first-order chi connectivity index (χ1) is 8.79. The Hall–Kier alpha value is -1.47. The van der Waals surface area contributed by atoms with Crippen molar-refractivity contribution in [3.63, 3.8) is 0 Å². The van der Waals surface area contributed by atoms with E-state index < -0.39 is 0 Å². The molecule has 0 saturated carbocycles. The van der Waals surface area contributed by atoms with Crippen LogP contribution in [-0.2, 0) is 17.9 Å². The molecule has 2 heterocycles. The highest BCUT2D eigenvalue weighted by atomic mass is 16.3. The summed E-state index contributed by atoms with van der Waals surface area (Å²) in [7, 11) is 0. The van der Waals surface area contributed by atoms with E-state index in [0.717, 1.165) is 31.5 Å². The number of carbonyl (C=O) groups is 1. The van der Waals surface area contributed by atoms with Gasteiger partial charge in [0.15, 0.2) is 0 Å². The Morgan fingerprint density at radius 2 is 2.44 bits per heavy atom. The molecule has 1 aliphatic rings. The van der Waals surface area contributed by atoms with Crippen LogP contribution in [0.1, 0.15) is 25.0 Å². The van der Waals surface area contributed by atoms with Gasteiger partial charge in [-0.15, -0.1) is 5.10 Å². The molecule has 1 atom stereocenters. The summed E-state index contributed by atoms with van der Waals surface area (Å²) in [6.07, 6.45) is 4.72. The van der Waals surface area contributed by atoms with E-state index in [-0.39, 0.29) is 18.6 Å². The van der Waals surface area contributed by atoms with E-state index in [1.807, 2.05) is 0 Å². The van der Waals surface area contributed by atoms with Crippen LogP contribution in [0.2, 0.25) is 0 Å². The molecule has 1 aliphatic heterocycles. The van der Waals surface area contributed by atoms with Crippen LogP contribution in [-0.4, -0.2) is 45.2 Å². The zero-order valence-corrected chi connectivity index (χ0v) is 10.3. The third kappa shape index (κ3) is 3.51. The average Bonchev–Trinajstić information content (AvgIpc) is 2.70. The molecule has 1 fully saturated rings. The van der Waals surface area contributed by atoms with Crippen molar-refractivity contribution < 1.29 is 9.90 Å². The van der Waals surface area contributed by atoms with Crippen molar-refractivity contribution in [2.75, 3.05) is 13.2 Å². The summed E-state index contributed by atoms with van der Waals surface area (Å²) in [6, 6.07) is -0.143. The zero-order valence-electron chi connectivity index (χ0n) is 10.3. The minimum atomic E-state index is -0.143. The van der Waals surface area contributed by atoms with E-state index in [1.165, 1.54) is 0 Å². The minimum absolute atomic E-state index is 0.0429. The Kier molecular flexibility index (Phi) is 4.66. The van der Waals surface area contributed by atoms with Gasteiger partial charge in [0.05, 0.1) is 24.9 Å². The first-order valence-electron chi connectivity index (χ1n) is 6.30. The fourth-order valence-corrected chi connectivity index (χ4v) is 1.99. The number of nitrogens with zero attached hydrogens (tertiary/aromatic N) is 3. The predicted octanol–water partition coefficient (Wildman–Crippen LogP) is -0.971. The summed E-state index contributed by atoms with van der Waals surface area (Å²) in [5, 5.41) is 22.7. The van der Waals surface area contributed by atoms with Gasteiger partial charge in [-0.25, -0.2) is 4.68 Å². The number of hydrogen-bond acceptors (Lipinski definition) is 5. The van der Waals surface area contributed by atoms with Gasteiger partial charge >= 0.3 is 0 Å². The number of aromatic nitrogens is 3. The molecule has 7 heteroatoms. The van der Waals surface area contributed by atoms with Crippen LogP contribution in [0.5, 0.6) is 0 Å². The van der Waals surface area contributed by atoms with E-state index in [4.69, 9.17) is 5.11 Å². The van der Waals surface area contributed by atoms with Crippen LogP contribution in [0.4, 0.5) is 0 Å². The van der Waals surface area contributed by atoms with Gasteiger partial charge in [-0.2, -0.15) is 0 Å². The maximum Gasteiger partial charge on any atom is 0.237 e. The fraction of sp³-hybridized carbons (Fsp3) is 0.727. The van der Waals surface area contributed by atoms with Gasteiger partial charge in [0.25, 0.3) is 0 Å². The fourth-order valence-electron chi connectivity index (χ4n) is 1.99. The molecule has 0 spiro atoms. The summed E-state index contributed by atoms with van der Waals surface area (Å²) >= 11 is 0. The van der Waals surface area contributed by atoms with Crippen LogP contribution in [0.25, 0.3) is 0 Å². The average molecular weight is 253 g/mol. The quantitative estimate of drug-likeness (QED) is 0.628. The molecule has 1 unspecified atom stereocenters. The monoisotopic (exact) mass is 253 g/mol. The van der Waals surface area contributed by atoms with Gasteiger partial charge in [-0.1, -0.05) is 5.21 Å². The van der Waals surface area contributed by atoms with Crippen molar-refractivity contribution in [1.82, 2.24) is 25.6 Å². The lowest BCUT2D eigenvalue weighted by molar-refractivity contribution is -0.122. The summed E-state index contributed by atoms with van der Waals surface area (Å²) in [5.41, 5.74) is 0.778. The summed E-state index contributed by atoms with van der Waals surface area (Å²) in [4.78, 5) is 11.7. The van der Waals surface area contributed by atoms with E-state index in [0.29, 0.717) is 13.1 Å². The highest BCUT2D eigenvalue weighted by Crippen LogP contribution is 2.06. The topological polar surface area (TPSA) is 92.1 Å². The minimum Gasteiger partial charge on any atom is -0.394 e. The molecule has 2 rings (SSSR count). The third-order valence-electron chi connectivity index (χ3n) is 2.98. The molecular weight excluding hydrogens is 234 g/mol. The van der Waals surface area contributed by atoms with Gasteiger partial charge in [0.2, 0.25) is 5.91 Å². The SMILES string of the molecule is O=C1NCCCCC1NCc1cn(CCO)nn1. The van der Waals surface area contributed by atoms with Crippen LogP contribution in [0.3, 0.4) is 0 Å². The van der Waals surface area contributed by atoms with Gasteiger partial charge in [0.1, 0.15) is 0 Å². The lowest BCUT2D eigenvalue weighted by Crippen LogP contribution is -2.42. The number of nitrogens with one attached hydrogen (secondary N) is 2. The first-order valence-corrected chi connectivity index (χ1v) is 6.30. The van der Waals surface area contributed by atoms with Crippen molar-refractivity contribution in [3.05, 3.63) is 11.9 Å². The van der Waals surface area contributed by atoms with Gasteiger partial charge in [0, 0.05) is 19.3 Å². The molecule has 0 bridgehead atoms. The Morgan fingerprint density at radius 3 is 3.28 bits per heavy atom. The zero-order chi connectivity index (χ0) is 12.8. The first kappa shape index (κ1) is 13.0. The Bertz CT molecular complexity index is 393. The molecule has 0 aliphatic carbocycles. The number of hydrogen-bond donors (Lipinski definition) is 3. The summed E-state index contributed by atoms with van der Waals surface area (Å²) in [5.74, 6) is 0.0650. The summed E-state index contributed by atoms with van der Waals surface area (Å²) in [6.45, 7) is 1.77. The summed E-state index contributed by atoms with van der Waals surface area (Å²) < 4.78 is 1.59. The maximum absolute atomic E-state index is 11.7.